The van der Waals surface area contributed by atoms with Crippen molar-refractivity contribution in [3.63, 3.8) is 0 Å². The Bertz CT molecular complexity index is 1010. The topological polar surface area (TPSA) is 74.3 Å². The summed E-state index contributed by atoms with van der Waals surface area (Å²) in [4.78, 5) is 28.2. The fourth-order valence-electron chi connectivity index (χ4n) is 4.35. The van der Waals surface area contributed by atoms with Crippen molar-refractivity contribution in [2.24, 2.45) is 0 Å². The first-order valence-electron chi connectivity index (χ1n) is 9.12. The highest BCUT2D eigenvalue weighted by Gasteiger charge is 2.42. The van der Waals surface area contributed by atoms with Crippen molar-refractivity contribution in [3.8, 4) is 23.0 Å². The van der Waals surface area contributed by atoms with Gasteiger partial charge in [-0.25, -0.2) is 0 Å². The quantitative estimate of drug-likeness (QED) is 0.795. The van der Waals surface area contributed by atoms with Crippen LogP contribution in [0, 0.1) is 0 Å². The molecule has 0 saturated carbocycles. The van der Waals surface area contributed by atoms with Crippen LogP contribution in [0.3, 0.4) is 0 Å². The van der Waals surface area contributed by atoms with Crippen LogP contribution in [-0.4, -0.2) is 44.1 Å². The second kappa shape index (κ2) is 6.15. The monoisotopic (exact) mass is 381 g/mol. The Kier molecular flexibility index (Phi) is 3.72. The van der Waals surface area contributed by atoms with Gasteiger partial charge in [-0.1, -0.05) is 6.07 Å². The van der Waals surface area contributed by atoms with E-state index in [0.717, 1.165) is 11.1 Å². The summed E-state index contributed by atoms with van der Waals surface area (Å²) < 4.78 is 21.8. The van der Waals surface area contributed by atoms with E-state index in [1.807, 2.05) is 12.1 Å². The van der Waals surface area contributed by atoms with Gasteiger partial charge in [0.2, 0.25) is 12.7 Å². The molecule has 1 amide bonds. The molecular weight excluding hydrogens is 362 g/mol. The number of ketones is 1. The van der Waals surface area contributed by atoms with Gasteiger partial charge < -0.3 is 23.8 Å². The normalized spacial score (nSPS) is 19.5. The smallest absolute Gasteiger partial charge is 0.231 e. The minimum Gasteiger partial charge on any atom is -0.493 e. The number of methoxy groups -OCH3 is 2. The van der Waals surface area contributed by atoms with E-state index in [-0.39, 0.29) is 24.9 Å². The highest BCUT2D eigenvalue weighted by atomic mass is 16.7. The molecule has 0 saturated heterocycles. The molecule has 0 aromatic heterocycles. The summed E-state index contributed by atoms with van der Waals surface area (Å²) in [5.41, 5.74) is 2.95. The molecule has 2 aromatic carbocycles. The Morgan fingerprint density at radius 1 is 1.07 bits per heavy atom. The van der Waals surface area contributed by atoms with E-state index in [0.29, 0.717) is 47.1 Å². The van der Waals surface area contributed by atoms with Crippen molar-refractivity contribution in [1.82, 2.24) is 4.90 Å². The molecule has 3 aliphatic heterocycles. The SMILES string of the molecule is COc1ccc2c(c1OC)CC(=O)N1CCc3cc4c(cc3C(=O)[C@@H]21)OCO4. The van der Waals surface area contributed by atoms with Crippen LogP contribution in [-0.2, 0) is 17.6 Å². The van der Waals surface area contributed by atoms with E-state index >= 15 is 0 Å². The van der Waals surface area contributed by atoms with Crippen molar-refractivity contribution < 1.29 is 28.5 Å². The van der Waals surface area contributed by atoms with Crippen molar-refractivity contribution in [2.45, 2.75) is 18.9 Å². The summed E-state index contributed by atoms with van der Waals surface area (Å²) in [6, 6.07) is 6.55. The summed E-state index contributed by atoms with van der Waals surface area (Å²) in [6.07, 6.45) is 0.765. The zero-order chi connectivity index (χ0) is 19.4. The van der Waals surface area contributed by atoms with Crippen molar-refractivity contribution >= 4 is 11.7 Å². The third-order valence-electron chi connectivity index (χ3n) is 5.67. The van der Waals surface area contributed by atoms with Crippen LogP contribution in [0.1, 0.15) is 33.1 Å². The van der Waals surface area contributed by atoms with E-state index in [1.54, 1.807) is 31.3 Å². The second-order valence-corrected chi connectivity index (χ2v) is 7.01. The minimum atomic E-state index is -0.683. The van der Waals surface area contributed by atoms with Gasteiger partial charge >= 0.3 is 0 Å². The van der Waals surface area contributed by atoms with E-state index < -0.39 is 6.04 Å². The fourth-order valence-corrected chi connectivity index (χ4v) is 4.35. The Hall–Kier alpha value is -3.22. The molecule has 0 spiro atoms. The van der Waals surface area contributed by atoms with E-state index in [2.05, 4.69) is 0 Å². The van der Waals surface area contributed by atoms with Gasteiger partial charge in [0.25, 0.3) is 0 Å². The lowest BCUT2D eigenvalue weighted by atomic mass is 9.86. The summed E-state index contributed by atoms with van der Waals surface area (Å²) in [5.74, 6) is 2.06. The van der Waals surface area contributed by atoms with Crippen molar-refractivity contribution in [1.29, 1.82) is 0 Å². The van der Waals surface area contributed by atoms with Gasteiger partial charge in [-0.05, 0) is 35.7 Å². The minimum absolute atomic E-state index is 0.0924. The molecule has 1 atom stereocenters. The highest BCUT2D eigenvalue weighted by Crippen LogP contribution is 2.45. The Labute approximate surface area is 161 Å². The first-order chi connectivity index (χ1) is 13.6. The second-order valence-electron chi connectivity index (χ2n) is 7.01. The summed E-state index contributed by atoms with van der Waals surface area (Å²) >= 11 is 0. The molecule has 0 bridgehead atoms. The van der Waals surface area contributed by atoms with Crippen LogP contribution in [0.2, 0.25) is 0 Å². The zero-order valence-electron chi connectivity index (χ0n) is 15.6. The van der Waals surface area contributed by atoms with E-state index in [9.17, 15) is 9.59 Å². The van der Waals surface area contributed by atoms with Gasteiger partial charge in [0, 0.05) is 17.7 Å². The van der Waals surface area contributed by atoms with Crippen molar-refractivity contribution in [2.75, 3.05) is 27.6 Å². The Morgan fingerprint density at radius 2 is 1.86 bits per heavy atom. The third kappa shape index (κ3) is 2.28. The van der Waals surface area contributed by atoms with Crippen LogP contribution in [0.5, 0.6) is 23.0 Å². The number of fused-ring (bicyclic) bond motifs is 5. The van der Waals surface area contributed by atoms with Crippen LogP contribution < -0.4 is 18.9 Å². The molecule has 0 unspecified atom stereocenters. The molecule has 7 heteroatoms. The molecule has 0 fully saturated rings. The van der Waals surface area contributed by atoms with Gasteiger partial charge in [-0.3, -0.25) is 9.59 Å². The molecule has 5 rings (SSSR count). The third-order valence-corrected chi connectivity index (χ3v) is 5.67. The van der Waals surface area contributed by atoms with Crippen LogP contribution in [0.25, 0.3) is 0 Å². The van der Waals surface area contributed by atoms with Gasteiger partial charge in [0.1, 0.15) is 6.04 Å². The van der Waals surface area contributed by atoms with Gasteiger partial charge in [-0.15, -0.1) is 0 Å². The average Bonchev–Trinajstić information content (AvgIpc) is 3.11. The maximum Gasteiger partial charge on any atom is 0.231 e. The molecule has 0 aliphatic carbocycles. The largest absolute Gasteiger partial charge is 0.493 e. The van der Waals surface area contributed by atoms with Crippen LogP contribution >= 0.6 is 0 Å². The fraction of sp³-hybridized carbons (Fsp3) is 0.333. The van der Waals surface area contributed by atoms with Gasteiger partial charge in [-0.2, -0.15) is 0 Å². The van der Waals surface area contributed by atoms with Crippen LogP contribution in [0.15, 0.2) is 24.3 Å². The number of carbonyl (C=O) groups is 2. The van der Waals surface area contributed by atoms with Crippen LogP contribution in [0.4, 0.5) is 0 Å². The highest BCUT2D eigenvalue weighted by molar-refractivity contribution is 6.06. The first-order valence-corrected chi connectivity index (χ1v) is 9.12. The molecular formula is C21H19NO6. The maximum absolute atomic E-state index is 13.6. The lowest BCUT2D eigenvalue weighted by Crippen LogP contribution is -2.43. The molecule has 0 radical (unpaired) electrons. The van der Waals surface area contributed by atoms with Gasteiger partial charge in [0.05, 0.1) is 20.6 Å². The number of benzene rings is 2. The molecule has 28 heavy (non-hydrogen) atoms. The summed E-state index contributed by atoms with van der Waals surface area (Å²) in [5, 5.41) is 0. The Balaban J connectivity index is 1.68. The molecule has 3 heterocycles. The molecule has 144 valence electrons. The molecule has 3 aliphatic rings. The zero-order valence-corrected chi connectivity index (χ0v) is 15.6. The number of Topliss-reactive ketones (excluding diaryl/α,β-unsaturated/α-hetero) is 1. The van der Waals surface area contributed by atoms with Gasteiger partial charge in [0.15, 0.2) is 28.8 Å². The molecule has 7 nitrogen and oxygen atoms in total. The predicted molar refractivity (Wildman–Crippen MR) is 98.3 cm³/mol. The number of nitrogens with zero attached hydrogens (tertiary/aromatic N) is 1. The molecule has 0 N–H and O–H groups in total. The number of rotatable bonds is 2. The molecule has 2 aromatic rings. The number of hydrogen-bond acceptors (Lipinski definition) is 6. The average molecular weight is 381 g/mol. The maximum atomic E-state index is 13.6. The first kappa shape index (κ1) is 16.9. The Morgan fingerprint density at radius 3 is 2.61 bits per heavy atom. The number of ether oxygens (including phenoxy) is 4. The predicted octanol–water partition coefficient (Wildman–Crippen LogP) is 2.30. The van der Waals surface area contributed by atoms with Crippen molar-refractivity contribution in [3.05, 3.63) is 46.5 Å². The summed E-state index contributed by atoms with van der Waals surface area (Å²) in [6.45, 7) is 0.621. The number of carbonyl (C=O) groups excluding carboxylic acids is 2. The number of hydrogen-bond donors (Lipinski definition) is 0. The number of amides is 1. The lowest BCUT2D eigenvalue weighted by molar-refractivity contribution is -0.133. The summed E-state index contributed by atoms with van der Waals surface area (Å²) in [7, 11) is 3.09. The standard InChI is InChI=1S/C21H19NO6/c1-25-15-4-3-12-14(21(15)26-2)9-18(23)22-6-5-11-7-16-17(28-10-27-16)8-13(11)20(24)19(12)22/h3-4,7-8,19H,5-6,9-10H2,1-2H3/t19-/m1/s1. The van der Waals surface area contributed by atoms with E-state index in [4.69, 9.17) is 18.9 Å². The van der Waals surface area contributed by atoms with E-state index in [1.165, 1.54) is 0 Å². The lowest BCUT2D eigenvalue weighted by Gasteiger charge is -2.35.